The van der Waals surface area contributed by atoms with Crippen LogP contribution in [0.1, 0.15) is 49.9 Å². The van der Waals surface area contributed by atoms with Gasteiger partial charge in [-0.2, -0.15) is 9.98 Å². The molecule has 0 radical (unpaired) electrons. The average molecular weight is 438 g/mol. The first-order chi connectivity index (χ1) is 13.7. The number of hydrogen-bond acceptors (Lipinski definition) is 6. The fourth-order valence-electron chi connectivity index (χ4n) is 2.81. The van der Waals surface area contributed by atoms with E-state index in [1.807, 2.05) is 26.0 Å². The van der Waals surface area contributed by atoms with Gasteiger partial charge in [0.25, 0.3) is 5.91 Å². The lowest BCUT2D eigenvalue weighted by molar-refractivity contribution is -0.150. The first kappa shape index (κ1) is 25.6. The Morgan fingerprint density at radius 2 is 1.63 bits per heavy atom. The summed E-state index contributed by atoms with van der Waals surface area (Å²) in [6.07, 6.45) is 0. The molecule has 1 amide bonds. The third-order valence-corrected chi connectivity index (χ3v) is 7.20. The Morgan fingerprint density at radius 3 is 2.07 bits per heavy atom. The summed E-state index contributed by atoms with van der Waals surface area (Å²) in [7, 11) is -3.99. The lowest BCUT2D eigenvalue weighted by atomic mass is 9.90. The van der Waals surface area contributed by atoms with Crippen LogP contribution < -0.4 is 10.0 Å². The van der Waals surface area contributed by atoms with E-state index in [4.69, 9.17) is 4.74 Å². The molecule has 166 valence electrons. The van der Waals surface area contributed by atoms with Gasteiger partial charge in [0.05, 0.1) is 11.0 Å². The van der Waals surface area contributed by atoms with E-state index in [9.17, 15) is 23.3 Å². The first-order valence-corrected chi connectivity index (χ1v) is 11.1. The van der Waals surface area contributed by atoms with Crippen LogP contribution in [0.4, 0.5) is 0 Å². The smallest absolute Gasteiger partial charge is 0.324 e. The van der Waals surface area contributed by atoms with Gasteiger partial charge in [-0.15, -0.1) is 0 Å². The van der Waals surface area contributed by atoms with Gasteiger partial charge in [0, 0.05) is 0 Å². The van der Waals surface area contributed by atoms with Gasteiger partial charge < -0.3 is 10.1 Å². The molecule has 1 aromatic carbocycles. The minimum atomic E-state index is -3.99. The Hall–Kier alpha value is -2.44. The number of carbonyl (C=O) groups is 2. The maximum absolute atomic E-state index is 12.9. The number of nitriles is 1. The average Bonchev–Trinajstić information content (AvgIpc) is 2.63. The zero-order valence-corrected chi connectivity index (χ0v) is 19.7. The van der Waals surface area contributed by atoms with Gasteiger partial charge in [0.2, 0.25) is 10.0 Å². The third kappa shape index (κ3) is 5.80. The van der Waals surface area contributed by atoms with E-state index in [-0.39, 0.29) is 10.8 Å². The zero-order valence-electron chi connectivity index (χ0n) is 18.8. The molecule has 0 aromatic heterocycles. The SMILES string of the molecule is Cc1cc(C)c(C)c(S(=O)(=O)N[C@H](C)C(=O)OCC(=O)N[C@@](C)(C#N)C(C)C)c1C. The Kier molecular flexibility index (Phi) is 8.17. The molecule has 0 unspecified atom stereocenters. The van der Waals surface area contributed by atoms with Crippen molar-refractivity contribution in [1.82, 2.24) is 10.0 Å². The minimum Gasteiger partial charge on any atom is -0.454 e. The number of benzene rings is 1. The summed E-state index contributed by atoms with van der Waals surface area (Å²) >= 11 is 0. The number of nitrogens with one attached hydrogen (secondary N) is 2. The standard InChI is InChI=1S/C21H31N3O5S/c1-12(2)21(8,11-22)23-18(25)10-29-20(26)17(7)24-30(27,28)19-15(5)13(3)9-14(4)16(19)6/h9,12,17,24H,10H2,1-8H3,(H,23,25)/t17-,21+/m1/s1. The predicted octanol–water partition coefficient (Wildman–Crippen LogP) is 2.18. The highest BCUT2D eigenvalue weighted by molar-refractivity contribution is 7.89. The van der Waals surface area contributed by atoms with E-state index in [1.165, 1.54) is 6.92 Å². The van der Waals surface area contributed by atoms with E-state index in [0.717, 1.165) is 11.1 Å². The number of rotatable bonds is 8. The first-order valence-electron chi connectivity index (χ1n) is 9.65. The number of carbonyl (C=O) groups excluding carboxylic acids is 2. The van der Waals surface area contributed by atoms with E-state index in [1.54, 1.807) is 34.6 Å². The number of sulfonamides is 1. The molecule has 30 heavy (non-hydrogen) atoms. The Bertz CT molecular complexity index is 953. The molecule has 0 saturated heterocycles. The third-order valence-electron chi connectivity index (χ3n) is 5.38. The molecule has 1 aromatic rings. The van der Waals surface area contributed by atoms with Crippen molar-refractivity contribution in [3.05, 3.63) is 28.3 Å². The maximum atomic E-state index is 12.9. The van der Waals surface area contributed by atoms with Gasteiger partial charge in [0.15, 0.2) is 6.61 Å². The van der Waals surface area contributed by atoms with E-state index < -0.39 is 40.1 Å². The largest absolute Gasteiger partial charge is 0.454 e. The Balaban J connectivity index is 2.87. The molecule has 0 aliphatic carbocycles. The molecule has 2 atom stereocenters. The highest BCUT2D eigenvalue weighted by Crippen LogP contribution is 2.26. The fourth-order valence-corrected chi connectivity index (χ4v) is 4.62. The molecule has 0 spiro atoms. The van der Waals surface area contributed by atoms with Crippen LogP contribution >= 0.6 is 0 Å². The highest BCUT2D eigenvalue weighted by atomic mass is 32.2. The number of ether oxygens (including phenoxy) is 1. The minimum absolute atomic E-state index is 0.138. The van der Waals surface area contributed by atoms with Crippen LogP contribution in [-0.4, -0.2) is 38.5 Å². The van der Waals surface area contributed by atoms with Crippen molar-refractivity contribution in [1.29, 1.82) is 5.26 Å². The van der Waals surface area contributed by atoms with Crippen LogP contribution in [0.3, 0.4) is 0 Å². The van der Waals surface area contributed by atoms with Gasteiger partial charge in [-0.25, -0.2) is 8.42 Å². The summed E-state index contributed by atoms with van der Waals surface area (Å²) in [6, 6.07) is 2.73. The summed E-state index contributed by atoms with van der Waals surface area (Å²) in [4.78, 5) is 24.4. The van der Waals surface area contributed by atoms with Crippen molar-refractivity contribution in [2.24, 2.45) is 5.92 Å². The van der Waals surface area contributed by atoms with E-state index >= 15 is 0 Å². The summed E-state index contributed by atoms with van der Waals surface area (Å²) < 4.78 is 33.1. The molecule has 0 aliphatic heterocycles. The topological polar surface area (TPSA) is 125 Å². The second kappa shape index (κ2) is 9.58. The molecule has 0 bridgehead atoms. The monoisotopic (exact) mass is 437 g/mol. The lowest BCUT2D eigenvalue weighted by Crippen LogP contribution is -2.50. The quantitative estimate of drug-likeness (QED) is 0.601. The fraction of sp³-hybridized carbons (Fsp3) is 0.571. The van der Waals surface area contributed by atoms with Crippen molar-refractivity contribution in [3.63, 3.8) is 0 Å². The van der Waals surface area contributed by atoms with E-state index in [2.05, 4.69) is 10.0 Å². The van der Waals surface area contributed by atoms with Gasteiger partial charge in [-0.3, -0.25) is 9.59 Å². The summed E-state index contributed by atoms with van der Waals surface area (Å²) in [5.74, 6) is -1.69. The van der Waals surface area contributed by atoms with Crippen LogP contribution in [0, 0.1) is 44.9 Å². The second-order valence-electron chi connectivity index (χ2n) is 8.06. The zero-order chi connectivity index (χ0) is 23.4. The number of amides is 1. The van der Waals surface area contributed by atoms with Gasteiger partial charge in [-0.1, -0.05) is 19.9 Å². The second-order valence-corrected chi connectivity index (χ2v) is 9.71. The lowest BCUT2D eigenvalue weighted by Gasteiger charge is -2.27. The van der Waals surface area contributed by atoms with Crippen LogP contribution in [0.5, 0.6) is 0 Å². The van der Waals surface area contributed by atoms with Crippen LogP contribution in [0.15, 0.2) is 11.0 Å². The highest BCUT2D eigenvalue weighted by Gasteiger charge is 2.31. The molecule has 0 aliphatic rings. The van der Waals surface area contributed by atoms with E-state index in [0.29, 0.717) is 11.1 Å². The van der Waals surface area contributed by atoms with Gasteiger partial charge >= 0.3 is 5.97 Å². The molecule has 0 saturated carbocycles. The summed E-state index contributed by atoms with van der Waals surface area (Å²) in [5.41, 5.74) is 1.77. The molecule has 0 heterocycles. The Labute approximate surface area is 179 Å². The molecule has 1 rings (SSSR count). The van der Waals surface area contributed by atoms with Gasteiger partial charge in [-0.05, 0) is 69.7 Å². The molecule has 8 nitrogen and oxygen atoms in total. The molecule has 2 N–H and O–H groups in total. The Morgan fingerprint density at radius 1 is 1.13 bits per heavy atom. The van der Waals surface area contributed by atoms with Crippen molar-refractivity contribution in [2.75, 3.05) is 6.61 Å². The van der Waals surface area contributed by atoms with Gasteiger partial charge in [0.1, 0.15) is 11.6 Å². The summed E-state index contributed by atoms with van der Waals surface area (Å²) in [5, 5.41) is 11.8. The van der Waals surface area contributed by atoms with Crippen LogP contribution in [-0.2, 0) is 24.3 Å². The number of nitrogens with zero attached hydrogens (tertiary/aromatic N) is 1. The van der Waals surface area contributed by atoms with Crippen molar-refractivity contribution < 1.29 is 22.7 Å². The number of hydrogen-bond donors (Lipinski definition) is 2. The number of esters is 1. The maximum Gasteiger partial charge on any atom is 0.324 e. The molecule has 9 heteroatoms. The molecule has 0 fully saturated rings. The molecular formula is C21H31N3O5S. The van der Waals surface area contributed by atoms with Crippen molar-refractivity contribution >= 4 is 21.9 Å². The van der Waals surface area contributed by atoms with Crippen LogP contribution in [0.25, 0.3) is 0 Å². The predicted molar refractivity (Wildman–Crippen MR) is 113 cm³/mol. The van der Waals surface area contributed by atoms with Crippen molar-refractivity contribution in [3.8, 4) is 6.07 Å². The van der Waals surface area contributed by atoms with Crippen molar-refractivity contribution in [2.45, 2.75) is 71.9 Å². The number of aryl methyl sites for hydroxylation is 2. The van der Waals surface area contributed by atoms with Crippen LogP contribution in [0.2, 0.25) is 0 Å². The molecular weight excluding hydrogens is 406 g/mol. The normalized spacial score (nSPS) is 14.5. The summed E-state index contributed by atoms with van der Waals surface area (Å²) in [6.45, 7) is 12.9.